The smallest absolute Gasteiger partial charge is 0.319 e. The summed E-state index contributed by atoms with van der Waals surface area (Å²) in [5.74, 6) is 0.669. The summed E-state index contributed by atoms with van der Waals surface area (Å²) in [5.41, 5.74) is 5.59. The number of halogens is 4. The monoisotopic (exact) mass is 689 g/mol. The highest BCUT2D eigenvalue weighted by atomic mass is 19.1. The molecule has 0 bridgehead atoms. The van der Waals surface area contributed by atoms with E-state index in [9.17, 15) is 13.6 Å². The number of fused-ring (bicyclic) bond motifs is 4. The number of carbonyl (C=O) groups is 1. The number of ether oxygens (including phenoxy) is 2. The Morgan fingerprint density at radius 2 is 2.06 bits per heavy atom. The Labute approximate surface area is 285 Å². The van der Waals surface area contributed by atoms with Gasteiger partial charge in [-0.15, -0.1) is 6.42 Å². The molecule has 50 heavy (non-hydrogen) atoms. The molecule has 1 amide bonds. The highest BCUT2D eigenvalue weighted by Crippen LogP contribution is 2.46. The maximum Gasteiger partial charge on any atom is 0.319 e. The molecule has 4 aliphatic rings. The number of nitrogens with zero attached hydrogens (tertiary/aromatic N) is 5. The molecule has 3 saturated heterocycles. The second-order valence-electron chi connectivity index (χ2n) is 13.8. The van der Waals surface area contributed by atoms with E-state index in [1.807, 2.05) is 4.90 Å². The summed E-state index contributed by atoms with van der Waals surface area (Å²) < 4.78 is 73.6. The first-order valence-corrected chi connectivity index (χ1v) is 16.7. The minimum absolute atomic E-state index is 0.0139. The molecule has 1 saturated carbocycles. The topological polar surface area (TPSA) is 119 Å². The largest absolute Gasteiger partial charge is 0.461 e. The van der Waals surface area contributed by atoms with Gasteiger partial charge < -0.3 is 25.4 Å². The van der Waals surface area contributed by atoms with Gasteiger partial charge in [0.05, 0.1) is 35.7 Å². The number of alkyl halides is 2. The number of hydrogen-bond acceptors (Lipinski definition) is 9. The second kappa shape index (κ2) is 12.2. The summed E-state index contributed by atoms with van der Waals surface area (Å²) in [6.07, 6.45) is 5.68. The molecule has 0 radical (unpaired) electrons. The van der Waals surface area contributed by atoms with E-state index >= 15 is 8.78 Å². The van der Waals surface area contributed by atoms with Gasteiger partial charge in [-0.3, -0.25) is 14.7 Å². The molecule has 14 heteroatoms. The third-order valence-electron chi connectivity index (χ3n) is 10.5. The summed E-state index contributed by atoms with van der Waals surface area (Å²) in [5, 5.41) is 3.83. The van der Waals surface area contributed by atoms with Crippen LogP contribution in [0.1, 0.15) is 25.3 Å². The van der Waals surface area contributed by atoms with Gasteiger partial charge in [0.25, 0.3) is 0 Å². The molecule has 260 valence electrons. The SMILES string of the molecule is C#Cc1c(F)ccc2cc(N)cc(-c3ncc4c(N5CCOC[C@H]6[C@H](F)[C@H]65)nc(OC[C@]56C[C@@H](F)CN5C[C@@H](CNC(C)=O)C6)nc4c3F)c12. The molecule has 1 aliphatic carbocycles. The number of terminal acetylenes is 1. The summed E-state index contributed by atoms with van der Waals surface area (Å²) in [4.78, 5) is 29.0. The van der Waals surface area contributed by atoms with Crippen molar-refractivity contribution in [3.63, 3.8) is 0 Å². The molecular weight excluding hydrogens is 654 g/mol. The van der Waals surface area contributed by atoms with Crippen LogP contribution in [0.15, 0.2) is 30.5 Å². The molecule has 0 unspecified atom stereocenters. The van der Waals surface area contributed by atoms with Crippen LogP contribution in [0.4, 0.5) is 29.1 Å². The van der Waals surface area contributed by atoms with E-state index in [4.69, 9.17) is 26.6 Å². The van der Waals surface area contributed by atoms with Crippen LogP contribution in [0.25, 0.3) is 32.9 Å². The van der Waals surface area contributed by atoms with Crippen molar-refractivity contribution in [2.45, 2.75) is 43.7 Å². The number of nitrogens with one attached hydrogen (secondary N) is 1. The number of carbonyl (C=O) groups excluding carboxylic acids is 1. The average molecular weight is 690 g/mol. The molecule has 6 atom stereocenters. The van der Waals surface area contributed by atoms with Crippen molar-refractivity contribution in [3.8, 4) is 29.6 Å². The Hall–Kier alpha value is -4.74. The molecular formula is C36H35F4N7O3. The summed E-state index contributed by atoms with van der Waals surface area (Å²) in [7, 11) is 0. The number of pyridine rings is 1. The standard InChI is InChI=1S/C36H35F4N7O3/c1-3-23-27(38)5-4-20-8-22(41)9-24(28(20)23)31-30(40)32-25(13-43-31)34(47-6-7-49-16-26-29(39)33(26)47)45-35(44-32)50-17-36-10-19(12-42-18(2)48)14-46(36)15-21(37)11-36/h1,4-5,8-9,13,19,21,26,29,33H,6-7,10-12,14-17,41H2,2H3,(H,42,48)/t19-,21-,26+,29+,33+,36+/m1/s1. The van der Waals surface area contributed by atoms with Crippen LogP contribution in [0.3, 0.4) is 0 Å². The molecule has 4 fully saturated rings. The lowest BCUT2D eigenvalue weighted by atomic mass is 9.90. The van der Waals surface area contributed by atoms with Crippen LogP contribution in [-0.2, 0) is 9.53 Å². The van der Waals surface area contributed by atoms with E-state index in [1.165, 1.54) is 31.3 Å². The molecule has 2 aromatic heterocycles. The first kappa shape index (κ1) is 32.5. The number of anilines is 2. The number of hydrogen-bond donors (Lipinski definition) is 2. The van der Waals surface area contributed by atoms with E-state index in [0.717, 1.165) is 0 Å². The Morgan fingerprint density at radius 3 is 2.86 bits per heavy atom. The first-order valence-electron chi connectivity index (χ1n) is 16.7. The fourth-order valence-electron chi connectivity index (χ4n) is 8.24. The summed E-state index contributed by atoms with van der Waals surface area (Å²) >= 11 is 0. The minimum Gasteiger partial charge on any atom is -0.461 e. The fourth-order valence-corrected chi connectivity index (χ4v) is 8.24. The van der Waals surface area contributed by atoms with Crippen LogP contribution in [0, 0.1) is 35.8 Å². The van der Waals surface area contributed by atoms with Gasteiger partial charge in [-0.05, 0) is 35.9 Å². The van der Waals surface area contributed by atoms with Crippen LogP contribution in [-0.4, -0.2) is 95.7 Å². The van der Waals surface area contributed by atoms with Crippen LogP contribution < -0.4 is 20.7 Å². The lowest BCUT2D eigenvalue weighted by Gasteiger charge is -2.31. The molecule has 3 N–H and O–H groups in total. The normalized spacial score (nSPS) is 27.5. The third kappa shape index (κ3) is 5.43. The van der Waals surface area contributed by atoms with Gasteiger partial charge >= 0.3 is 6.01 Å². The number of benzene rings is 2. The quantitative estimate of drug-likeness (QED) is 0.168. The van der Waals surface area contributed by atoms with Crippen molar-refractivity contribution in [3.05, 3.63) is 47.7 Å². The maximum absolute atomic E-state index is 16.9. The minimum atomic E-state index is -1.16. The Balaban J connectivity index is 1.23. The number of nitrogens with two attached hydrogens (primary N) is 1. The summed E-state index contributed by atoms with van der Waals surface area (Å²) in [6, 6.07) is 5.12. The van der Waals surface area contributed by atoms with E-state index < -0.39 is 35.6 Å². The van der Waals surface area contributed by atoms with Gasteiger partial charge in [0.2, 0.25) is 5.91 Å². The van der Waals surface area contributed by atoms with Gasteiger partial charge in [-0.25, -0.2) is 17.6 Å². The molecule has 2 aromatic carbocycles. The predicted molar refractivity (Wildman–Crippen MR) is 179 cm³/mol. The summed E-state index contributed by atoms with van der Waals surface area (Å²) in [6.45, 7) is 3.58. The lowest BCUT2D eigenvalue weighted by Crippen LogP contribution is -2.43. The Morgan fingerprint density at radius 1 is 1.22 bits per heavy atom. The van der Waals surface area contributed by atoms with Gasteiger partial charge in [-0.2, -0.15) is 9.97 Å². The predicted octanol–water partition coefficient (Wildman–Crippen LogP) is 4.18. The first-order chi connectivity index (χ1) is 24.1. The fraction of sp³-hybridized carbons (Fsp3) is 0.444. The van der Waals surface area contributed by atoms with Crippen molar-refractivity contribution < 1.29 is 31.8 Å². The van der Waals surface area contributed by atoms with Crippen LogP contribution in [0.2, 0.25) is 0 Å². The van der Waals surface area contributed by atoms with E-state index in [1.54, 1.807) is 11.0 Å². The zero-order valence-electron chi connectivity index (χ0n) is 27.3. The molecule has 5 heterocycles. The second-order valence-corrected chi connectivity index (χ2v) is 13.8. The number of amides is 1. The van der Waals surface area contributed by atoms with Crippen molar-refractivity contribution in [2.24, 2.45) is 11.8 Å². The number of nitrogen functional groups attached to an aromatic ring is 1. The highest BCUT2D eigenvalue weighted by Gasteiger charge is 2.57. The van der Waals surface area contributed by atoms with Crippen molar-refractivity contribution >= 4 is 39.1 Å². The van der Waals surface area contributed by atoms with Gasteiger partial charge in [0.1, 0.15) is 41.8 Å². The van der Waals surface area contributed by atoms with Crippen molar-refractivity contribution in [1.82, 2.24) is 25.2 Å². The molecule has 8 rings (SSSR count). The lowest BCUT2D eigenvalue weighted by molar-refractivity contribution is -0.119. The van der Waals surface area contributed by atoms with Crippen LogP contribution in [0.5, 0.6) is 6.01 Å². The van der Waals surface area contributed by atoms with Crippen LogP contribution >= 0.6 is 0 Å². The van der Waals surface area contributed by atoms with E-state index in [-0.39, 0.29) is 101 Å². The third-order valence-corrected chi connectivity index (χ3v) is 10.5. The Bertz CT molecular complexity index is 2080. The van der Waals surface area contributed by atoms with Gasteiger partial charge in [0, 0.05) is 68.3 Å². The molecule has 0 spiro atoms. The average Bonchev–Trinajstić information content (AvgIpc) is 3.54. The van der Waals surface area contributed by atoms with Crippen molar-refractivity contribution in [1.29, 1.82) is 0 Å². The number of aromatic nitrogens is 3. The van der Waals surface area contributed by atoms with Crippen molar-refractivity contribution in [2.75, 3.05) is 56.6 Å². The highest BCUT2D eigenvalue weighted by molar-refractivity contribution is 6.03. The molecule has 10 nitrogen and oxygen atoms in total. The zero-order valence-corrected chi connectivity index (χ0v) is 27.3. The molecule has 4 aromatic rings. The number of rotatable bonds is 7. The maximum atomic E-state index is 16.9. The van der Waals surface area contributed by atoms with E-state index in [2.05, 4.69) is 21.2 Å². The zero-order chi connectivity index (χ0) is 34.9. The Kier molecular flexibility index (Phi) is 7.95. The van der Waals surface area contributed by atoms with E-state index in [0.29, 0.717) is 31.5 Å². The van der Waals surface area contributed by atoms with Gasteiger partial charge in [-0.1, -0.05) is 12.0 Å². The van der Waals surface area contributed by atoms with Gasteiger partial charge in [0.15, 0.2) is 5.82 Å². The molecule has 3 aliphatic heterocycles.